The van der Waals surface area contributed by atoms with Crippen molar-refractivity contribution in [1.29, 1.82) is 0 Å². The summed E-state index contributed by atoms with van der Waals surface area (Å²) in [6.07, 6.45) is 0. The third-order valence-electron chi connectivity index (χ3n) is 0. The molecule has 0 radical (unpaired) electrons. The Kier molecular flexibility index (Phi) is 13.7. The zero-order chi connectivity index (χ0) is 4.50. The van der Waals surface area contributed by atoms with E-state index >= 15 is 0 Å². The molecular weight excluding hydrogens is 160 g/mol. The first-order chi connectivity index (χ1) is 2.00. The summed E-state index contributed by atoms with van der Waals surface area (Å²) in [5.41, 5.74) is 0. The minimum atomic E-state index is -4.67. The van der Waals surface area contributed by atoms with Crippen molar-refractivity contribution in [2.45, 2.75) is 0 Å². The van der Waals surface area contributed by atoms with Crippen LogP contribution < -0.4 is 0 Å². The van der Waals surface area contributed by atoms with Gasteiger partial charge in [-0.05, 0) is 0 Å². The number of rotatable bonds is 0. The van der Waals surface area contributed by atoms with Crippen molar-refractivity contribution in [3.63, 3.8) is 0 Å². The summed E-state index contributed by atoms with van der Waals surface area (Å²) in [6.45, 7) is 0. The summed E-state index contributed by atoms with van der Waals surface area (Å²) < 4.78 is 31.6. The van der Waals surface area contributed by atoms with Crippen LogP contribution in [0.3, 0.4) is 0 Å². The van der Waals surface area contributed by atoms with Crippen LogP contribution >= 0.6 is 0 Å². The molecule has 0 aliphatic carbocycles. The van der Waals surface area contributed by atoms with Crippen molar-refractivity contribution in [1.82, 2.24) is 0 Å². The van der Waals surface area contributed by atoms with E-state index in [4.69, 9.17) is 17.5 Å². The molecule has 0 bridgehead atoms. The van der Waals surface area contributed by atoms with E-state index in [1.54, 1.807) is 0 Å². The molecule has 0 fully saturated rings. The molecule has 4 nitrogen and oxygen atoms in total. The molecule has 0 spiro atoms. The van der Waals surface area contributed by atoms with Crippen molar-refractivity contribution < 1.29 is 17.5 Å². The van der Waals surface area contributed by atoms with Crippen LogP contribution in [0.5, 0.6) is 0 Å². The zero-order valence-electron chi connectivity index (χ0n) is 2.12. The fraction of sp³-hybridized carbons (Fsp3) is 0. The molecule has 0 aromatic carbocycles. The molecule has 0 saturated heterocycles. The van der Waals surface area contributed by atoms with Gasteiger partial charge in [0.2, 0.25) is 0 Å². The largest absolute Gasteiger partial charge is 0.316 e. The molecule has 0 saturated carbocycles. The maximum absolute atomic E-state index is 8.74. The Morgan fingerprint density at radius 1 is 1.14 bits per heavy atom. The SMILES string of the molecule is O=S(=O)(O)O.[CaH2].[MgH2]. The van der Waals surface area contributed by atoms with Crippen LogP contribution in [0.15, 0.2) is 0 Å². The van der Waals surface area contributed by atoms with Crippen LogP contribution in [0.4, 0.5) is 0 Å². The van der Waals surface area contributed by atoms with E-state index in [1.165, 1.54) is 0 Å². The Morgan fingerprint density at radius 2 is 1.14 bits per heavy atom. The predicted octanol–water partition coefficient (Wildman–Crippen LogP) is -2.49. The third kappa shape index (κ3) is 76.4. The van der Waals surface area contributed by atoms with Crippen LogP contribution in [-0.4, -0.2) is 78.3 Å². The van der Waals surface area contributed by atoms with Gasteiger partial charge in [0.1, 0.15) is 0 Å². The Labute approximate surface area is 87.4 Å². The first kappa shape index (κ1) is 16.0. The van der Waals surface area contributed by atoms with Gasteiger partial charge >= 0.3 is 71.2 Å². The van der Waals surface area contributed by atoms with E-state index in [9.17, 15) is 0 Å². The van der Waals surface area contributed by atoms with Gasteiger partial charge in [0.05, 0.1) is 0 Å². The minimum absolute atomic E-state index is 0. The normalized spacial score (nSPS) is 8.29. The fourth-order valence-electron chi connectivity index (χ4n) is 0. The average Bonchev–Trinajstić information content (AvgIpc) is 0.722. The quantitative estimate of drug-likeness (QED) is 0.309. The first-order valence-corrected chi connectivity index (χ1v) is 2.10. The van der Waals surface area contributed by atoms with Crippen LogP contribution in [0.1, 0.15) is 0 Å². The van der Waals surface area contributed by atoms with E-state index < -0.39 is 10.4 Å². The van der Waals surface area contributed by atoms with E-state index in [2.05, 4.69) is 0 Å². The molecule has 2 N–H and O–H groups in total. The Hall–Kier alpha value is 1.90. The zero-order valence-corrected chi connectivity index (χ0v) is 2.94. The summed E-state index contributed by atoms with van der Waals surface area (Å²) in [7, 11) is -4.67. The molecule has 0 unspecified atom stereocenters. The molecule has 0 aromatic rings. The molecule has 40 valence electrons. The summed E-state index contributed by atoms with van der Waals surface area (Å²) >= 11 is 0. The second kappa shape index (κ2) is 6.02. The summed E-state index contributed by atoms with van der Waals surface area (Å²) in [4.78, 5) is 0. The molecule has 0 atom stereocenters. The fourth-order valence-corrected chi connectivity index (χ4v) is 0. The Morgan fingerprint density at radius 3 is 1.14 bits per heavy atom. The molecule has 7 heteroatoms. The first-order valence-electron chi connectivity index (χ1n) is 0.698. The molecule has 7 heavy (non-hydrogen) atoms. The summed E-state index contributed by atoms with van der Waals surface area (Å²) in [6, 6.07) is 0. The second-order valence-corrected chi connectivity index (χ2v) is 1.34. The average molecular weight is 166 g/mol. The van der Waals surface area contributed by atoms with Crippen LogP contribution in [0.25, 0.3) is 0 Å². The maximum atomic E-state index is 8.74. The number of hydrogen-bond donors (Lipinski definition) is 2. The maximum Gasteiger partial charge on any atom is 0.316 e. The summed E-state index contributed by atoms with van der Waals surface area (Å²) in [5.74, 6) is 0. The Bertz CT molecular complexity index is 94.9. The van der Waals surface area contributed by atoms with Crippen molar-refractivity contribution >= 4 is 71.2 Å². The van der Waals surface area contributed by atoms with E-state index in [0.29, 0.717) is 0 Å². The van der Waals surface area contributed by atoms with Crippen molar-refractivity contribution in [2.24, 2.45) is 0 Å². The van der Waals surface area contributed by atoms with Crippen LogP contribution in [-0.2, 0) is 10.4 Å². The van der Waals surface area contributed by atoms with Gasteiger partial charge in [0, 0.05) is 0 Å². The predicted molar refractivity (Wildman–Crippen MR) is 31.3 cm³/mol. The van der Waals surface area contributed by atoms with Gasteiger partial charge in [-0.2, -0.15) is 8.42 Å². The van der Waals surface area contributed by atoms with E-state index in [0.717, 1.165) is 0 Å². The minimum Gasteiger partial charge on any atom is 0.316 e. The Balaban J connectivity index is -0.0000000800. The molecule has 0 aromatic heterocycles. The standard InChI is InChI=1S/Ca.Mg.H2O4S.4H/c;;1-5(2,3)4;;;;/h;;(H2,1,2,3,4);;;;. The molecule has 0 amide bonds. The van der Waals surface area contributed by atoms with Crippen molar-refractivity contribution in [2.75, 3.05) is 0 Å². The second-order valence-electron chi connectivity index (χ2n) is 0.448. The third-order valence-corrected chi connectivity index (χ3v) is 0. The van der Waals surface area contributed by atoms with Gasteiger partial charge in [-0.25, -0.2) is 0 Å². The smallest absolute Gasteiger partial charge is 0.316 e. The summed E-state index contributed by atoms with van der Waals surface area (Å²) in [5, 5.41) is 0. The molecule has 0 heterocycles. The van der Waals surface area contributed by atoms with Crippen LogP contribution in [0.2, 0.25) is 0 Å². The van der Waals surface area contributed by atoms with Gasteiger partial charge in [-0.3, -0.25) is 9.11 Å². The van der Waals surface area contributed by atoms with Gasteiger partial charge in [0.15, 0.2) is 0 Å². The van der Waals surface area contributed by atoms with Gasteiger partial charge < -0.3 is 0 Å². The molecule has 0 aliphatic rings. The van der Waals surface area contributed by atoms with Gasteiger partial charge in [-0.15, -0.1) is 0 Å². The van der Waals surface area contributed by atoms with E-state index in [-0.39, 0.29) is 60.8 Å². The molecular formula is H6CaMgO4S. The van der Waals surface area contributed by atoms with Crippen molar-refractivity contribution in [3.8, 4) is 0 Å². The van der Waals surface area contributed by atoms with Crippen LogP contribution in [0, 0.1) is 0 Å². The topological polar surface area (TPSA) is 74.6 Å². The molecule has 0 rings (SSSR count). The van der Waals surface area contributed by atoms with E-state index in [1.807, 2.05) is 0 Å². The number of hydrogen-bond acceptors (Lipinski definition) is 2. The van der Waals surface area contributed by atoms with Gasteiger partial charge in [-0.1, -0.05) is 0 Å². The molecule has 0 aliphatic heterocycles. The van der Waals surface area contributed by atoms with Crippen molar-refractivity contribution in [3.05, 3.63) is 0 Å². The monoisotopic (exact) mass is 166 g/mol. The van der Waals surface area contributed by atoms with Gasteiger partial charge in [0.25, 0.3) is 0 Å².